The molecule has 0 radical (unpaired) electrons. The van der Waals surface area contributed by atoms with Crippen LogP contribution in [0.5, 0.6) is 0 Å². The number of allylic oxidation sites excluding steroid dienone is 5. The molecule has 2 aromatic carbocycles. The van der Waals surface area contributed by atoms with Gasteiger partial charge >= 0.3 is 0 Å². The van der Waals surface area contributed by atoms with E-state index in [-0.39, 0.29) is 12.5 Å². The number of hydrogen-bond acceptors (Lipinski definition) is 6. The molecule has 9 heteroatoms. The summed E-state index contributed by atoms with van der Waals surface area (Å²) in [6.07, 6.45) is 5.12. The number of anilines is 1. The van der Waals surface area contributed by atoms with E-state index in [1.165, 1.54) is 17.7 Å². The summed E-state index contributed by atoms with van der Waals surface area (Å²) in [7, 11) is 0. The van der Waals surface area contributed by atoms with E-state index in [0.29, 0.717) is 34.0 Å². The number of aliphatic imine (C=N–C) groups is 1. The highest BCUT2D eigenvalue weighted by Crippen LogP contribution is 2.34. The minimum absolute atomic E-state index is 0.00485. The Morgan fingerprint density at radius 3 is 2.48 bits per heavy atom. The summed E-state index contributed by atoms with van der Waals surface area (Å²) in [6, 6.07) is 13.1. The van der Waals surface area contributed by atoms with Gasteiger partial charge in [0.2, 0.25) is 0 Å². The largest absolute Gasteiger partial charge is 0.381 e. The minimum atomic E-state index is -1.23. The first-order chi connectivity index (χ1) is 22.3. The van der Waals surface area contributed by atoms with Gasteiger partial charge < -0.3 is 19.7 Å². The zero-order chi connectivity index (χ0) is 32.2. The fourth-order valence-corrected chi connectivity index (χ4v) is 6.83. The van der Waals surface area contributed by atoms with Crippen LogP contribution >= 0.6 is 0 Å². The molecule has 3 aliphatic heterocycles. The van der Waals surface area contributed by atoms with Crippen LogP contribution in [-0.4, -0.2) is 87.2 Å². The van der Waals surface area contributed by atoms with E-state index in [9.17, 15) is 14.0 Å². The second-order valence-corrected chi connectivity index (χ2v) is 12.3. The van der Waals surface area contributed by atoms with Crippen LogP contribution in [0.1, 0.15) is 48.2 Å². The molecule has 4 aliphatic rings. The molecule has 2 aromatic rings. The molecule has 46 heavy (non-hydrogen) atoms. The van der Waals surface area contributed by atoms with Crippen LogP contribution in [0.15, 0.2) is 76.3 Å². The number of alkyl halides is 1. The Bertz CT molecular complexity index is 1600. The van der Waals surface area contributed by atoms with Crippen molar-refractivity contribution >= 4 is 23.2 Å². The van der Waals surface area contributed by atoms with Crippen molar-refractivity contribution in [2.75, 3.05) is 57.5 Å². The number of nitrogens with zero attached hydrogens (tertiary/aromatic N) is 3. The molecule has 242 valence electrons. The second-order valence-electron chi connectivity index (χ2n) is 12.3. The van der Waals surface area contributed by atoms with Crippen LogP contribution in [0.25, 0.3) is 11.1 Å². The Hall–Kier alpha value is -3.92. The summed E-state index contributed by atoms with van der Waals surface area (Å²) in [5.74, 6) is -0.680. The van der Waals surface area contributed by atoms with Crippen molar-refractivity contribution in [1.82, 2.24) is 10.2 Å². The molecular weight excluding hydrogens is 583 g/mol. The number of ether oxygens (including phenoxy) is 2. The molecule has 3 heterocycles. The Kier molecular flexibility index (Phi) is 9.92. The standard InChI is InChI=1S/C37H43FN4O4/c1-4-42(30-11-15-45-16-12-30)35-20-28(27-7-5-26(6-8-27)23-41-13-17-46-18-14-41)19-32(24(35)2)36(43)39-22-34-31-10-9-29(38)21-33(31)25(3)40-37(34)44/h5-10,19-21,29-30H,4,11-18,22-23H2,1-3H3,(H,39,43). The number of dihydropyridines is 1. The average Bonchev–Trinajstić information content (AvgIpc) is 3.07. The summed E-state index contributed by atoms with van der Waals surface area (Å²) in [4.78, 5) is 35.8. The molecule has 0 aromatic heterocycles. The van der Waals surface area contributed by atoms with Gasteiger partial charge in [0.15, 0.2) is 0 Å². The predicted molar refractivity (Wildman–Crippen MR) is 179 cm³/mol. The number of carbonyl (C=O) groups excluding carboxylic acids is 2. The van der Waals surface area contributed by atoms with E-state index >= 15 is 0 Å². The quantitative estimate of drug-likeness (QED) is 0.404. The lowest BCUT2D eigenvalue weighted by molar-refractivity contribution is -0.114. The molecule has 1 N–H and O–H groups in total. The summed E-state index contributed by atoms with van der Waals surface area (Å²) in [5.41, 5.74) is 7.76. The Balaban J connectivity index is 1.31. The number of fused-ring (bicyclic) bond motifs is 1. The smallest absolute Gasteiger partial charge is 0.275 e. The van der Waals surface area contributed by atoms with Crippen LogP contribution in [0.4, 0.5) is 10.1 Å². The summed E-state index contributed by atoms with van der Waals surface area (Å²) < 4.78 is 25.2. The highest BCUT2D eigenvalue weighted by atomic mass is 19.1. The number of morpholine rings is 1. The van der Waals surface area contributed by atoms with Crippen molar-refractivity contribution in [3.05, 3.63) is 88.0 Å². The van der Waals surface area contributed by atoms with Crippen LogP contribution in [0.2, 0.25) is 0 Å². The number of halogens is 1. The maximum Gasteiger partial charge on any atom is 0.275 e. The van der Waals surface area contributed by atoms with Gasteiger partial charge in [0.1, 0.15) is 6.17 Å². The first kappa shape index (κ1) is 32.0. The van der Waals surface area contributed by atoms with Crippen LogP contribution in [0, 0.1) is 6.92 Å². The van der Waals surface area contributed by atoms with Crippen molar-refractivity contribution in [2.45, 2.75) is 52.4 Å². The zero-order valence-electron chi connectivity index (χ0n) is 27.0. The van der Waals surface area contributed by atoms with Gasteiger partial charge in [-0.15, -0.1) is 0 Å². The number of carbonyl (C=O) groups is 2. The third kappa shape index (κ3) is 6.92. The van der Waals surface area contributed by atoms with Crippen molar-refractivity contribution in [3.63, 3.8) is 0 Å². The molecule has 6 rings (SSSR count). The third-order valence-corrected chi connectivity index (χ3v) is 9.43. The molecule has 2 saturated heterocycles. The van der Waals surface area contributed by atoms with Gasteiger partial charge in [-0.25, -0.2) is 9.38 Å². The van der Waals surface area contributed by atoms with E-state index in [0.717, 1.165) is 87.8 Å². The Morgan fingerprint density at radius 2 is 1.76 bits per heavy atom. The topological polar surface area (TPSA) is 83.5 Å². The predicted octanol–water partition coefficient (Wildman–Crippen LogP) is 5.36. The first-order valence-corrected chi connectivity index (χ1v) is 16.4. The lowest BCUT2D eigenvalue weighted by atomic mass is 9.88. The SMILES string of the molecule is CCN(c1cc(-c2ccc(CN3CCOCC3)cc2)cc(C(=O)NCC2=C3C=CC(F)C=C3C(C)=NC2=O)c1C)C1CCOCC1. The van der Waals surface area contributed by atoms with Crippen LogP contribution in [-0.2, 0) is 20.8 Å². The molecule has 0 saturated carbocycles. The van der Waals surface area contributed by atoms with E-state index in [2.05, 4.69) is 57.4 Å². The maximum atomic E-state index is 14.1. The van der Waals surface area contributed by atoms with E-state index in [1.54, 1.807) is 13.0 Å². The van der Waals surface area contributed by atoms with Crippen LogP contribution < -0.4 is 10.2 Å². The Morgan fingerprint density at radius 1 is 1.04 bits per heavy atom. The summed E-state index contributed by atoms with van der Waals surface area (Å²) in [6.45, 7) is 12.4. The van der Waals surface area contributed by atoms with E-state index in [1.807, 2.05) is 13.0 Å². The lowest BCUT2D eigenvalue weighted by Crippen LogP contribution is -2.40. The lowest BCUT2D eigenvalue weighted by Gasteiger charge is -2.37. The molecule has 0 bridgehead atoms. The maximum absolute atomic E-state index is 14.1. The molecule has 1 unspecified atom stereocenters. The minimum Gasteiger partial charge on any atom is -0.381 e. The fourth-order valence-electron chi connectivity index (χ4n) is 6.83. The normalized spacial score (nSPS) is 20.7. The highest BCUT2D eigenvalue weighted by Gasteiger charge is 2.28. The highest BCUT2D eigenvalue weighted by molar-refractivity contribution is 6.17. The molecule has 1 aliphatic carbocycles. The van der Waals surface area contributed by atoms with Gasteiger partial charge in [0.05, 0.1) is 13.2 Å². The molecule has 0 spiro atoms. The van der Waals surface area contributed by atoms with Crippen molar-refractivity contribution < 1.29 is 23.5 Å². The third-order valence-electron chi connectivity index (χ3n) is 9.43. The fraction of sp³-hybridized carbons (Fsp3) is 0.432. The first-order valence-electron chi connectivity index (χ1n) is 16.4. The number of hydrogen-bond donors (Lipinski definition) is 1. The monoisotopic (exact) mass is 626 g/mol. The van der Waals surface area contributed by atoms with E-state index < -0.39 is 12.1 Å². The number of nitrogens with one attached hydrogen (secondary N) is 1. The number of amides is 2. The Labute approximate surface area is 270 Å². The van der Waals surface area contributed by atoms with E-state index in [4.69, 9.17) is 9.47 Å². The molecular formula is C37H43FN4O4. The van der Waals surface area contributed by atoms with Gasteiger partial charge in [0, 0.05) is 80.1 Å². The second kappa shape index (κ2) is 14.2. The average molecular weight is 627 g/mol. The number of benzene rings is 2. The van der Waals surface area contributed by atoms with Gasteiger partial charge in [-0.2, -0.15) is 0 Å². The molecule has 2 fully saturated rings. The molecule has 2 amide bonds. The van der Waals surface area contributed by atoms with Crippen molar-refractivity contribution in [3.8, 4) is 11.1 Å². The van der Waals surface area contributed by atoms with Crippen molar-refractivity contribution in [1.29, 1.82) is 0 Å². The van der Waals surface area contributed by atoms with Gasteiger partial charge in [-0.1, -0.05) is 30.3 Å². The van der Waals surface area contributed by atoms with Gasteiger partial charge in [0.25, 0.3) is 11.8 Å². The summed E-state index contributed by atoms with van der Waals surface area (Å²) >= 11 is 0. The van der Waals surface area contributed by atoms with Crippen LogP contribution in [0.3, 0.4) is 0 Å². The zero-order valence-corrected chi connectivity index (χ0v) is 27.0. The van der Waals surface area contributed by atoms with Gasteiger partial charge in [-0.3, -0.25) is 14.5 Å². The number of rotatable bonds is 9. The van der Waals surface area contributed by atoms with Gasteiger partial charge in [-0.05, 0) is 85.7 Å². The summed E-state index contributed by atoms with van der Waals surface area (Å²) in [5, 5.41) is 3.00. The molecule has 1 atom stereocenters. The molecule has 8 nitrogen and oxygen atoms in total. The van der Waals surface area contributed by atoms with Crippen molar-refractivity contribution in [2.24, 2.45) is 4.99 Å².